The maximum Gasteiger partial charge on any atom is 0.137 e. The molecule has 4 fully saturated rings. The highest BCUT2D eigenvalue weighted by Gasteiger charge is 2.61. The van der Waals surface area contributed by atoms with Gasteiger partial charge in [0.25, 0.3) is 0 Å². The zero-order valence-corrected chi connectivity index (χ0v) is 27.9. The molecule has 0 amide bonds. The number of hydrogen-bond acceptors (Lipinski definition) is 2. The summed E-state index contributed by atoms with van der Waals surface area (Å²) in [5, 5.41) is 2.32. The molecule has 1 aromatic heterocycles. The summed E-state index contributed by atoms with van der Waals surface area (Å²) in [7, 11) is 0. The molecule has 7 aromatic rings. The molecule has 5 aliphatic rings. The molecule has 238 valence electrons. The molecule has 0 N–H and O–H groups in total. The zero-order chi connectivity index (χ0) is 32.3. The van der Waals surface area contributed by atoms with E-state index < -0.39 is 0 Å². The van der Waals surface area contributed by atoms with E-state index in [1.54, 1.807) is 11.1 Å². The van der Waals surface area contributed by atoms with Gasteiger partial charge in [-0.15, -0.1) is 0 Å². The van der Waals surface area contributed by atoms with Crippen LogP contribution in [0.1, 0.15) is 48.8 Å². The number of nitrogens with zero attached hydrogens (tertiary/aromatic N) is 1. The largest absolute Gasteiger partial charge is 0.456 e. The van der Waals surface area contributed by atoms with Crippen LogP contribution in [0.2, 0.25) is 0 Å². The lowest BCUT2D eigenvalue weighted by atomic mass is 9.43. The molecule has 4 saturated carbocycles. The van der Waals surface area contributed by atoms with Crippen molar-refractivity contribution in [1.29, 1.82) is 0 Å². The molecule has 1 heterocycles. The van der Waals surface area contributed by atoms with Crippen LogP contribution in [0, 0.1) is 30.6 Å². The van der Waals surface area contributed by atoms with Crippen LogP contribution in [-0.4, -0.2) is 0 Å². The van der Waals surface area contributed by atoms with E-state index >= 15 is 0 Å². The van der Waals surface area contributed by atoms with Crippen LogP contribution in [-0.2, 0) is 5.41 Å². The molecule has 1 spiro atoms. The molecular weight excluding hydrogens is 595 g/mol. The molecule has 2 heteroatoms. The minimum atomic E-state index is 0.114. The van der Waals surface area contributed by atoms with Crippen molar-refractivity contribution in [3.8, 4) is 22.3 Å². The normalized spacial score (nSPS) is 24.5. The maximum atomic E-state index is 6.43. The van der Waals surface area contributed by atoms with E-state index in [4.69, 9.17) is 4.42 Å². The summed E-state index contributed by atoms with van der Waals surface area (Å²) >= 11 is 0. The first-order valence-electron chi connectivity index (χ1n) is 18.3. The van der Waals surface area contributed by atoms with E-state index in [-0.39, 0.29) is 5.41 Å². The third-order valence-corrected chi connectivity index (χ3v) is 12.9. The third kappa shape index (κ3) is 3.89. The monoisotopic (exact) mass is 633 g/mol. The Morgan fingerprint density at radius 3 is 2.04 bits per heavy atom. The Morgan fingerprint density at radius 1 is 0.531 bits per heavy atom. The molecule has 6 aromatic carbocycles. The Labute approximate surface area is 288 Å². The Balaban J connectivity index is 1.16. The van der Waals surface area contributed by atoms with Crippen molar-refractivity contribution < 1.29 is 4.42 Å². The fraction of sp³-hybridized carbons (Fsp3) is 0.234. The predicted molar refractivity (Wildman–Crippen MR) is 202 cm³/mol. The van der Waals surface area contributed by atoms with Gasteiger partial charge in [-0.25, -0.2) is 0 Å². The van der Waals surface area contributed by atoms with Crippen LogP contribution in [0.25, 0.3) is 44.2 Å². The highest BCUT2D eigenvalue weighted by molar-refractivity contribution is 6.06. The smallest absolute Gasteiger partial charge is 0.137 e. The lowest BCUT2D eigenvalue weighted by Gasteiger charge is -2.61. The van der Waals surface area contributed by atoms with Gasteiger partial charge in [0.2, 0.25) is 0 Å². The van der Waals surface area contributed by atoms with Gasteiger partial charge in [-0.3, -0.25) is 0 Å². The van der Waals surface area contributed by atoms with E-state index in [0.717, 1.165) is 57.0 Å². The van der Waals surface area contributed by atoms with E-state index in [9.17, 15) is 0 Å². The summed E-state index contributed by atoms with van der Waals surface area (Å²) in [6, 6.07) is 49.8. The van der Waals surface area contributed by atoms with Crippen LogP contribution in [0.4, 0.5) is 17.1 Å². The van der Waals surface area contributed by atoms with Crippen molar-refractivity contribution in [1.82, 2.24) is 0 Å². The van der Waals surface area contributed by atoms with Crippen molar-refractivity contribution in [2.24, 2.45) is 23.7 Å². The van der Waals surface area contributed by atoms with Gasteiger partial charge in [-0.1, -0.05) is 84.9 Å². The number of hydrogen-bond donors (Lipinski definition) is 0. The second kappa shape index (κ2) is 10.2. The van der Waals surface area contributed by atoms with Crippen LogP contribution in [0.15, 0.2) is 138 Å². The van der Waals surface area contributed by atoms with Crippen molar-refractivity contribution in [3.05, 3.63) is 150 Å². The first kappa shape index (κ1) is 27.8. The first-order valence-corrected chi connectivity index (χ1v) is 18.3. The van der Waals surface area contributed by atoms with Gasteiger partial charge < -0.3 is 9.32 Å². The summed E-state index contributed by atoms with van der Waals surface area (Å²) in [5.74, 6) is 3.29. The Bertz CT molecular complexity index is 2400. The molecule has 0 saturated heterocycles. The minimum absolute atomic E-state index is 0.114. The molecule has 5 aliphatic carbocycles. The summed E-state index contributed by atoms with van der Waals surface area (Å²) in [4.78, 5) is 2.44. The van der Waals surface area contributed by atoms with Gasteiger partial charge in [-0.05, 0) is 144 Å². The second-order valence-corrected chi connectivity index (χ2v) is 15.5. The van der Waals surface area contributed by atoms with Gasteiger partial charge in [0, 0.05) is 39.3 Å². The van der Waals surface area contributed by atoms with Gasteiger partial charge in [0.15, 0.2) is 0 Å². The second-order valence-electron chi connectivity index (χ2n) is 15.5. The maximum absolute atomic E-state index is 6.43. The molecule has 4 bridgehead atoms. The van der Waals surface area contributed by atoms with Gasteiger partial charge >= 0.3 is 0 Å². The molecule has 0 radical (unpaired) electrons. The summed E-state index contributed by atoms with van der Waals surface area (Å²) in [5.41, 5.74) is 15.4. The standard InChI is InChI=1S/C47H39NO/c1-29-9-7-12-35(21-29)48(37-17-19-40-39-13-5-6-16-44(39)49-45(40)28-37)36-18-20-42-41(27-36)46-38(32-10-3-2-4-11-32)14-8-15-43(46)47(42)33-23-30-22-31(25-33)26-34(47)24-30/h2-21,27-28,30-31,33-34H,22-26H2,1H3. The van der Waals surface area contributed by atoms with Crippen LogP contribution in [0.5, 0.6) is 0 Å². The fourth-order valence-electron chi connectivity index (χ4n) is 11.3. The summed E-state index contributed by atoms with van der Waals surface area (Å²) in [6.07, 6.45) is 7.01. The average Bonchev–Trinajstić information content (AvgIpc) is 3.64. The fourth-order valence-corrected chi connectivity index (χ4v) is 11.3. The Morgan fingerprint density at radius 2 is 1.22 bits per heavy atom. The first-order chi connectivity index (χ1) is 24.1. The summed E-state index contributed by atoms with van der Waals surface area (Å²) in [6.45, 7) is 2.19. The van der Waals surface area contributed by atoms with E-state index in [2.05, 4.69) is 139 Å². The molecule has 0 atom stereocenters. The molecule has 2 nitrogen and oxygen atoms in total. The number of anilines is 3. The van der Waals surface area contributed by atoms with Gasteiger partial charge in [0.05, 0.1) is 0 Å². The predicted octanol–water partition coefficient (Wildman–Crippen LogP) is 12.8. The number of fused-ring (bicyclic) bond motifs is 6. The van der Waals surface area contributed by atoms with Crippen molar-refractivity contribution >= 4 is 39.0 Å². The van der Waals surface area contributed by atoms with Crippen LogP contribution in [0.3, 0.4) is 0 Å². The molecule has 0 unspecified atom stereocenters. The van der Waals surface area contributed by atoms with E-state index in [0.29, 0.717) is 0 Å². The quantitative estimate of drug-likeness (QED) is 0.192. The van der Waals surface area contributed by atoms with Crippen molar-refractivity contribution in [3.63, 3.8) is 0 Å². The van der Waals surface area contributed by atoms with Crippen LogP contribution < -0.4 is 4.90 Å². The summed E-state index contributed by atoms with van der Waals surface area (Å²) < 4.78 is 6.43. The lowest BCUT2D eigenvalue weighted by Crippen LogP contribution is -2.55. The van der Waals surface area contributed by atoms with Gasteiger partial charge in [0.1, 0.15) is 11.2 Å². The minimum Gasteiger partial charge on any atom is -0.456 e. The lowest BCUT2D eigenvalue weighted by molar-refractivity contribution is -0.0399. The van der Waals surface area contributed by atoms with Crippen LogP contribution >= 0.6 is 0 Å². The molecule has 0 aliphatic heterocycles. The number of benzene rings is 6. The molecular formula is C47H39NO. The SMILES string of the molecule is Cc1cccc(N(c2ccc3c(c2)-c2c(-c4ccccc4)cccc2C32C3CC4CC(C3)CC2C4)c2ccc3c(c2)oc2ccccc23)c1. The number of para-hydroxylation sites is 1. The highest BCUT2D eigenvalue weighted by Crippen LogP contribution is 2.70. The highest BCUT2D eigenvalue weighted by atomic mass is 16.3. The Hall–Kier alpha value is -5.08. The zero-order valence-electron chi connectivity index (χ0n) is 27.9. The van der Waals surface area contributed by atoms with E-state index in [1.165, 1.54) is 65.6 Å². The topological polar surface area (TPSA) is 16.4 Å². The van der Waals surface area contributed by atoms with Crippen molar-refractivity contribution in [2.45, 2.75) is 44.4 Å². The third-order valence-electron chi connectivity index (χ3n) is 12.9. The Kier molecular flexibility index (Phi) is 5.80. The molecule has 12 rings (SSSR count). The number of furan rings is 1. The average molecular weight is 634 g/mol. The van der Waals surface area contributed by atoms with Crippen molar-refractivity contribution in [2.75, 3.05) is 4.90 Å². The van der Waals surface area contributed by atoms with Gasteiger partial charge in [-0.2, -0.15) is 0 Å². The van der Waals surface area contributed by atoms with E-state index in [1.807, 2.05) is 6.07 Å². The molecule has 49 heavy (non-hydrogen) atoms. The number of rotatable bonds is 4. The number of aryl methyl sites for hydroxylation is 1.